The fourth-order valence-corrected chi connectivity index (χ4v) is 5.14. The Labute approximate surface area is 227 Å². The lowest BCUT2D eigenvalue weighted by atomic mass is 10.1. The predicted octanol–water partition coefficient (Wildman–Crippen LogP) is 1.79. The molecule has 4 heterocycles. The van der Waals surface area contributed by atoms with Gasteiger partial charge in [-0.2, -0.15) is 5.26 Å². The number of aliphatic imine (C=N–C) groups is 1. The van der Waals surface area contributed by atoms with Crippen molar-refractivity contribution in [3.63, 3.8) is 0 Å². The Balaban J connectivity index is 1.22. The van der Waals surface area contributed by atoms with Crippen LogP contribution in [-0.4, -0.2) is 102 Å². The summed E-state index contributed by atoms with van der Waals surface area (Å²) in [6.07, 6.45) is 5.46. The van der Waals surface area contributed by atoms with Gasteiger partial charge in [-0.05, 0) is 37.6 Å². The Bertz CT molecular complexity index is 1370. The van der Waals surface area contributed by atoms with Gasteiger partial charge in [-0.3, -0.25) is 9.69 Å². The smallest absolute Gasteiger partial charge is 0.251 e. The average molecular weight is 531 g/mol. The first-order chi connectivity index (χ1) is 19.0. The molecular formula is C27H34N10O2. The third-order valence-electron chi connectivity index (χ3n) is 7.20. The SMILES string of the molecule is Cc1c[nH]c2ncnc(N3CCN(C(=NC#N)Nc4cccc(C(=O)NCCN5CCOCC5)c4)[C@@H](C)C3)c12. The molecule has 2 fully saturated rings. The summed E-state index contributed by atoms with van der Waals surface area (Å²) >= 11 is 0. The highest BCUT2D eigenvalue weighted by Gasteiger charge is 2.29. The lowest BCUT2D eigenvalue weighted by Gasteiger charge is -2.41. The maximum Gasteiger partial charge on any atom is 0.251 e. The number of guanidine groups is 1. The Morgan fingerprint density at radius 1 is 1.26 bits per heavy atom. The van der Waals surface area contributed by atoms with Crippen LogP contribution < -0.4 is 15.5 Å². The second-order valence-electron chi connectivity index (χ2n) is 9.83. The zero-order chi connectivity index (χ0) is 27.2. The van der Waals surface area contributed by atoms with Gasteiger partial charge in [0.25, 0.3) is 5.91 Å². The first kappa shape index (κ1) is 26.4. The number of benzene rings is 1. The van der Waals surface area contributed by atoms with Gasteiger partial charge < -0.3 is 30.2 Å². The minimum Gasteiger partial charge on any atom is -0.379 e. The fourth-order valence-electron chi connectivity index (χ4n) is 5.14. The van der Waals surface area contributed by atoms with E-state index in [-0.39, 0.29) is 11.9 Å². The molecule has 2 aliphatic heterocycles. The summed E-state index contributed by atoms with van der Waals surface area (Å²) in [6.45, 7) is 10.8. The van der Waals surface area contributed by atoms with E-state index in [9.17, 15) is 10.1 Å². The number of amides is 1. The van der Waals surface area contributed by atoms with E-state index in [1.54, 1.807) is 18.5 Å². The largest absolute Gasteiger partial charge is 0.379 e. The quantitative estimate of drug-likeness (QED) is 0.247. The number of carbonyl (C=O) groups excluding carboxylic acids is 1. The summed E-state index contributed by atoms with van der Waals surface area (Å²) in [5.41, 5.74) is 3.17. The molecule has 1 amide bonds. The highest BCUT2D eigenvalue weighted by molar-refractivity contribution is 5.98. The summed E-state index contributed by atoms with van der Waals surface area (Å²) in [5.74, 6) is 1.23. The number of morpholine rings is 1. The molecule has 1 atom stereocenters. The molecule has 1 aromatic carbocycles. The van der Waals surface area contributed by atoms with E-state index in [2.05, 4.69) is 52.2 Å². The Kier molecular flexibility index (Phi) is 8.19. The van der Waals surface area contributed by atoms with Gasteiger partial charge in [0.1, 0.15) is 17.8 Å². The van der Waals surface area contributed by atoms with Gasteiger partial charge in [0.05, 0.1) is 18.6 Å². The summed E-state index contributed by atoms with van der Waals surface area (Å²) in [7, 11) is 0. The van der Waals surface area contributed by atoms with Crippen molar-refractivity contribution >= 4 is 34.4 Å². The van der Waals surface area contributed by atoms with E-state index >= 15 is 0 Å². The number of nitriles is 1. The van der Waals surface area contributed by atoms with Crippen LogP contribution in [0.2, 0.25) is 0 Å². The third kappa shape index (κ3) is 6.10. The minimum atomic E-state index is -0.135. The number of rotatable bonds is 6. The second-order valence-corrected chi connectivity index (χ2v) is 9.83. The Hall–Kier alpha value is -4.21. The van der Waals surface area contributed by atoms with Crippen molar-refractivity contribution < 1.29 is 9.53 Å². The molecule has 2 saturated heterocycles. The molecule has 12 nitrogen and oxygen atoms in total. The number of nitrogens with one attached hydrogen (secondary N) is 3. The Morgan fingerprint density at radius 3 is 2.90 bits per heavy atom. The molecule has 39 heavy (non-hydrogen) atoms. The molecule has 204 valence electrons. The highest BCUT2D eigenvalue weighted by Crippen LogP contribution is 2.27. The van der Waals surface area contributed by atoms with E-state index in [0.717, 1.165) is 55.3 Å². The number of hydrogen-bond donors (Lipinski definition) is 3. The normalized spacial score (nSPS) is 18.7. The predicted molar refractivity (Wildman–Crippen MR) is 150 cm³/mol. The van der Waals surface area contributed by atoms with Crippen LogP contribution in [0.15, 0.2) is 41.8 Å². The number of aryl methyl sites for hydroxylation is 1. The molecule has 0 radical (unpaired) electrons. The summed E-state index contributed by atoms with van der Waals surface area (Å²) in [5, 5.41) is 16.7. The molecule has 5 rings (SSSR count). The molecule has 2 aliphatic rings. The minimum absolute atomic E-state index is 0.0503. The molecule has 12 heteroatoms. The van der Waals surface area contributed by atoms with E-state index in [4.69, 9.17) is 4.74 Å². The molecule has 3 N–H and O–H groups in total. The molecular weight excluding hydrogens is 496 g/mol. The monoisotopic (exact) mass is 530 g/mol. The maximum absolute atomic E-state index is 12.8. The number of nitrogens with zero attached hydrogens (tertiary/aromatic N) is 7. The van der Waals surface area contributed by atoms with Crippen LogP contribution in [0.5, 0.6) is 0 Å². The molecule has 0 bridgehead atoms. The number of aromatic amines is 1. The molecule has 0 saturated carbocycles. The van der Waals surface area contributed by atoms with Crippen molar-refractivity contribution in [2.24, 2.45) is 4.99 Å². The second kappa shape index (κ2) is 12.1. The van der Waals surface area contributed by atoms with Gasteiger partial charge in [0, 0.05) is 69.3 Å². The van der Waals surface area contributed by atoms with E-state index < -0.39 is 0 Å². The van der Waals surface area contributed by atoms with Gasteiger partial charge in [-0.25, -0.2) is 9.97 Å². The summed E-state index contributed by atoms with van der Waals surface area (Å²) in [6, 6.07) is 7.30. The van der Waals surface area contributed by atoms with Crippen molar-refractivity contribution in [3.8, 4) is 6.19 Å². The number of hydrogen-bond acceptors (Lipinski definition) is 8. The summed E-state index contributed by atoms with van der Waals surface area (Å²) in [4.78, 5) is 35.6. The summed E-state index contributed by atoms with van der Waals surface area (Å²) < 4.78 is 5.37. The molecule has 0 spiro atoms. The highest BCUT2D eigenvalue weighted by atomic mass is 16.5. The lowest BCUT2D eigenvalue weighted by Crippen LogP contribution is -2.56. The van der Waals surface area contributed by atoms with Crippen LogP contribution >= 0.6 is 0 Å². The molecule has 0 aliphatic carbocycles. The van der Waals surface area contributed by atoms with E-state index in [1.165, 1.54) is 0 Å². The van der Waals surface area contributed by atoms with Crippen molar-refractivity contribution in [1.82, 2.24) is 30.1 Å². The zero-order valence-corrected chi connectivity index (χ0v) is 22.4. The molecule has 3 aromatic rings. The average Bonchev–Trinajstić information content (AvgIpc) is 3.34. The van der Waals surface area contributed by atoms with Gasteiger partial charge in [-0.1, -0.05) is 6.07 Å². The third-order valence-corrected chi connectivity index (χ3v) is 7.20. The lowest BCUT2D eigenvalue weighted by molar-refractivity contribution is 0.0383. The van der Waals surface area contributed by atoms with Crippen LogP contribution in [0.1, 0.15) is 22.8 Å². The van der Waals surface area contributed by atoms with Crippen LogP contribution in [0.4, 0.5) is 11.5 Å². The van der Waals surface area contributed by atoms with Crippen molar-refractivity contribution in [2.45, 2.75) is 19.9 Å². The number of aromatic nitrogens is 3. The van der Waals surface area contributed by atoms with Crippen LogP contribution in [0.25, 0.3) is 11.0 Å². The number of ether oxygens (including phenoxy) is 1. The number of anilines is 2. The first-order valence-corrected chi connectivity index (χ1v) is 13.3. The van der Waals surface area contributed by atoms with Crippen LogP contribution in [-0.2, 0) is 4.74 Å². The van der Waals surface area contributed by atoms with Gasteiger partial charge in [0.15, 0.2) is 0 Å². The van der Waals surface area contributed by atoms with Crippen molar-refractivity contribution in [2.75, 3.05) is 69.2 Å². The molecule has 0 unspecified atom stereocenters. The number of piperazine rings is 1. The van der Waals surface area contributed by atoms with Crippen LogP contribution in [0, 0.1) is 18.4 Å². The first-order valence-electron chi connectivity index (χ1n) is 13.3. The fraction of sp³-hybridized carbons (Fsp3) is 0.444. The number of carbonyl (C=O) groups is 1. The van der Waals surface area contributed by atoms with Crippen molar-refractivity contribution in [3.05, 3.63) is 47.9 Å². The zero-order valence-electron chi connectivity index (χ0n) is 22.4. The van der Waals surface area contributed by atoms with Gasteiger partial charge in [-0.15, -0.1) is 4.99 Å². The van der Waals surface area contributed by atoms with E-state index in [0.29, 0.717) is 43.4 Å². The van der Waals surface area contributed by atoms with Gasteiger partial charge in [0.2, 0.25) is 12.2 Å². The molecule has 2 aromatic heterocycles. The maximum atomic E-state index is 12.8. The standard InChI is InChI=1S/C27H34N10O2/c1-19-15-30-24-23(19)25(33-18-32-24)36-8-9-37(20(2)16-36)27(31-17-28)34-22-5-3-4-21(14-22)26(38)29-6-7-35-10-12-39-13-11-35/h3-5,14-15,18,20H,6-13,16H2,1-2H3,(H,29,38)(H,31,34)(H,30,32,33)/t20-/m0/s1. The topological polar surface area (TPSA) is 138 Å². The Morgan fingerprint density at radius 2 is 2.10 bits per heavy atom. The number of H-pyrrole nitrogens is 1. The number of fused-ring (bicyclic) bond motifs is 1. The van der Waals surface area contributed by atoms with Crippen LogP contribution in [0.3, 0.4) is 0 Å². The van der Waals surface area contributed by atoms with Crippen molar-refractivity contribution in [1.29, 1.82) is 5.26 Å². The van der Waals surface area contributed by atoms with Gasteiger partial charge >= 0.3 is 0 Å². The van der Waals surface area contributed by atoms with E-state index in [1.807, 2.05) is 31.4 Å².